The summed E-state index contributed by atoms with van der Waals surface area (Å²) < 4.78 is 5.39. The number of nitrogens with two attached hydrogens (primary N) is 1. The molecular formula is C11H24N2O2. The van der Waals surface area contributed by atoms with Gasteiger partial charge in [-0.05, 0) is 32.7 Å². The first-order valence-corrected chi connectivity index (χ1v) is 5.84. The van der Waals surface area contributed by atoms with Gasteiger partial charge in [0.1, 0.15) is 0 Å². The van der Waals surface area contributed by atoms with Gasteiger partial charge in [0.25, 0.3) is 0 Å². The van der Waals surface area contributed by atoms with Crippen LogP contribution in [0.15, 0.2) is 0 Å². The lowest BCUT2D eigenvalue weighted by Crippen LogP contribution is -2.41. The van der Waals surface area contributed by atoms with Gasteiger partial charge in [0.2, 0.25) is 0 Å². The van der Waals surface area contributed by atoms with Crippen LogP contribution < -0.4 is 5.73 Å². The summed E-state index contributed by atoms with van der Waals surface area (Å²) in [6.07, 6.45) is 3.05. The molecule has 0 saturated carbocycles. The predicted molar refractivity (Wildman–Crippen MR) is 60.8 cm³/mol. The van der Waals surface area contributed by atoms with Crippen molar-refractivity contribution in [2.75, 3.05) is 39.5 Å². The monoisotopic (exact) mass is 216 g/mol. The molecule has 1 aliphatic rings. The van der Waals surface area contributed by atoms with Crippen molar-refractivity contribution in [3.8, 4) is 0 Å². The minimum absolute atomic E-state index is 0.0656. The third-order valence-electron chi connectivity index (χ3n) is 2.90. The van der Waals surface area contributed by atoms with Crippen LogP contribution in [0, 0.1) is 0 Å². The molecule has 0 aromatic heterocycles. The second kappa shape index (κ2) is 6.43. The number of aliphatic hydroxyl groups is 1. The molecule has 4 nitrogen and oxygen atoms in total. The number of hydrogen-bond donors (Lipinski definition) is 2. The topological polar surface area (TPSA) is 58.7 Å². The zero-order valence-electron chi connectivity index (χ0n) is 9.74. The van der Waals surface area contributed by atoms with Gasteiger partial charge in [-0.25, -0.2) is 0 Å². The summed E-state index contributed by atoms with van der Waals surface area (Å²) in [7, 11) is 0. The van der Waals surface area contributed by atoms with E-state index in [-0.39, 0.29) is 6.61 Å². The quantitative estimate of drug-likeness (QED) is 0.689. The second-order valence-electron chi connectivity index (χ2n) is 4.72. The Morgan fingerprint density at radius 1 is 1.40 bits per heavy atom. The van der Waals surface area contributed by atoms with Gasteiger partial charge in [-0.15, -0.1) is 0 Å². The zero-order valence-corrected chi connectivity index (χ0v) is 9.74. The number of nitrogens with zero attached hydrogens (tertiary/aromatic N) is 1. The van der Waals surface area contributed by atoms with Crippen LogP contribution >= 0.6 is 0 Å². The standard InChI is InChI=1S/C11H24N2O2/c1-11(12,10-14)4-2-5-13-6-3-8-15-9-7-13/h14H,2-10,12H2,1H3. The SMILES string of the molecule is CC(N)(CO)CCCN1CCCOCC1. The maximum Gasteiger partial charge on any atom is 0.0608 e. The highest BCUT2D eigenvalue weighted by Gasteiger charge is 2.17. The highest BCUT2D eigenvalue weighted by molar-refractivity contribution is 4.77. The third-order valence-corrected chi connectivity index (χ3v) is 2.90. The Kier molecular flexibility index (Phi) is 5.53. The summed E-state index contributed by atoms with van der Waals surface area (Å²) in [4.78, 5) is 2.42. The minimum Gasteiger partial charge on any atom is -0.394 e. The van der Waals surface area contributed by atoms with Gasteiger partial charge >= 0.3 is 0 Å². The fourth-order valence-corrected chi connectivity index (χ4v) is 1.81. The third kappa shape index (κ3) is 5.47. The number of hydrogen-bond acceptors (Lipinski definition) is 4. The Labute approximate surface area is 92.4 Å². The highest BCUT2D eigenvalue weighted by atomic mass is 16.5. The molecule has 3 N–H and O–H groups in total. The van der Waals surface area contributed by atoms with Crippen molar-refractivity contribution in [3.05, 3.63) is 0 Å². The normalized spacial score (nSPS) is 23.4. The molecule has 0 spiro atoms. The van der Waals surface area contributed by atoms with Crippen LogP contribution in [0.4, 0.5) is 0 Å². The molecule has 1 heterocycles. The van der Waals surface area contributed by atoms with Crippen molar-refractivity contribution in [2.24, 2.45) is 5.73 Å². The van der Waals surface area contributed by atoms with Crippen LogP contribution in [-0.2, 0) is 4.74 Å². The summed E-state index contributed by atoms with van der Waals surface area (Å²) in [5.41, 5.74) is 5.45. The van der Waals surface area contributed by atoms with Crippen LogP contribution in [0.2, 0.25) is 0 Å². The van der Waals surface area contributed by atoms with Gasteiger partial charge < -0.3 is 20.5 Å². The maximum atomic E-state index is 9.02. The van der Waals surface area contributed by atoms with Crippen molar-refractivity contribution in [1.29, 1.82) is 0 Å². The van der Waals surface area contributed by atoms with Crippen LogP contribution in [0.25, 0.3) is 0 Å². The summed E-state index contributed by atoms with van der Waals surface area (Å²) in [5.74, 6) is 0. The number of aliphatic hydroxyl groups excluding tert-OH is 1. The molecule has 0 radical (unpaired) electrons. The predicted octanol–water partition coefficient (Wildman–Crippen LogP) is 0.199. The maximum absolute atomic E-state index is 9.02. The molecule has 1 atom stereocenters. The van der Waals surface area contributed by atoms with E-state index in [4.69, 9.17) is 15.6 Å². The molecule has 0 bridgehead atoms. The van der Waals surface area contributed by atoms with E-state index in [0.717, 1.165) is 52.1 Å². The van der Waals surface area contributed by atoms with E-state index < -0.39 is 5.54 Å². The Morgan fingerprint density at radius 3 is 2.93 bits per heavy atom. The van der Waals surface area contributed by atoms with Crippen LogP contribution in [0.1, 0.15) is 26.2 Å². The Morgan fingerprint density at radius 2 is 2.20 bits per heavy atom. The molecule has 1 fully saturated rings. The second-order valence-corrected chi connectivity index (χ2v) is 4.72. The van der Waals surface area contributed by atoms with E-state index in [1.165, 1.54) is 0 Å². The van der Waals surface area contributed by atoms with Gasteiger partial charge in [0, 0.05) is 25.2 Å². The summed E-state index contributed by atoms with van der Waals surface area (Å²) in [6.45, 7) is 6.92. The lowest BCUT2D eigenvalue weighted by molar-refractivity contribution is 0.139. The largest absolute Gasteiger partial charge is 0.394 e. The number of ether oxygens (including phenoxy) is 1. The van der Waals surface area contributed by atoms with E-state index in [1.54, 1.807) is 0 Å². The molecule has 0 amide bonds. The first-order chi connectivity index (χ1) is 7.14. The first-order valence-electron chi connectivity index (χ1n) is 5.84. The van der Waals surface area contributed by atoms with Gasteiger partial charge in [-0.3, -0.25) is 0 Å². The van der Waals surface area contributed by atoms with Crippen molar-refractivity contribution in [1.82, 2.24) is 4.90 Å². The van der Waals surface area contributed by atoms with E-state index >= 15 is 0 Å². The molecule has 4 heteroatoms. The van der Waals surface area contributed by atoms with Crippen molar-refractivity contribution >= 4 is 0 Å². The average molecular weight is 216 g/mol. The van der Waals surface area contributed by atoms with Gasteiger partial charge in [0.15, 0.2) is 0 Å². The van der Waals surface area contributed by atoms with E-state index in [1.807, 2.05) is 6.92 Å². The van der Waals surface area contributed by atoms with E-state index in [2.05, 4.69) is 4.90 Å². The molecular weight excluding hydrogens is 192 g/mol. The van der Waals surface area contributed by atoms with Gasteiger partial charge in [0.05, 0.1) is 13.2 Å². The highest BCUT2D eigenvalue weighted by Crippen LogP contribution is 2.09. The summed E-state index contributed by atoms with van der Waals surface area (Å²) in [6, 6.07) is 0. The minimum atomic E-state index is -0.414. The van der Waals surface area contributed by atoms with E-state index in [9.17, 15) is 0 Å². The molecule has 1 aliphatic heterocycles. The van der Waals surface area contributed by atoms with Crippen LogP contribution in [0.5, 0.6) is 0 Å². The molecule has 0 aromatic rings. The van der Waals surface area contributed by atoms with Crippen LogP contribution in [0.3, 0.4) is 0 Å². The van der Waals surface area contributed by atoms with Crippen molar-refractivity contribution < 1.29 is 9.84 Å². The number of rotatable bonds is 5. The Balaban J connectivity index is 2.13. The summed E-state index contributed by atoms with van der Waals surface area (Å²) in [5, 5.41) is 9.02. The molecule has 1 unspecified atom stereocenters. The van der Waals surface area contributed by atoms with Gasteiger partial charge in [-0.2, -0.15) is 0 Å². The average Bonchev–Trinajstić information content (AvgIpc) is 2.46. The fourth-order valence-electron chi connectivity index (χ4n) is 1.81. The van der Waals surface area contributed by atoms with Crippen LogP contribution in [-0.4, -0.2) is 55.0 Å². The fraction of sp³-hybridized carbons (Fsp3) is 1.00. The first kappa shape index (κ1) is 12.9. The van der Waals surface area contributed by atoms with Crippen molar-refractivity contribution in [3.63, 3.8) is 0 Å². The lowest BCUT2D eigenvalue weighted by atomic mass is 9.98. The lowest BCUT2D eigenvalue weighted by Gasteiger charge is -2.24. The molecule has 1 saturated heterocycles. The summed E-state index contributed by atoms with van der Waals surface area (Å²) >= 11 is 0. The molecule has 90 valence electrons. The molecule has 1 rings (SSSR count). The smallest absolute Gasteiger partial charge is 0.0608 e. The Bertz CT molecular complexity index is 166. The molecule has 0 aliphatic carbocycles. The van der Waals surface area contributed by atoms with Gasteiger partial charge in [-0.1, -0.05) is 0 Å². The Hall–Kier alpha value is -0.160. The van der Waals surface area contributed by atoms with E-state index in [0.29, 0.717) is 0 Å². The zero-order chi connectivity index (χ0) is 11.1. The van der Waals surface area contributed by atoms with Crippen molar-refractivity contribution in [2.45, 2.75) is 31.7 Å². The molecule has 15 heavy (non-hydrogen) atoms. The molecule has 0 aromatic carbocycles.